The first-order chi connectivity index (χ1) is 11.5. The Morgan fingerprint density at radius 1 is 1.42 bits per heavy atom. The number of furan rings is 1. The lowest BCUT2D eigenvalue weighted by Crippen LogP contribution is -2.61. The fraction of sp³-hybridized carbons (Fsp3) is 0.600. The molecule has 0 unspecified atom stereocenters. The summed E-state index contributed by atoms with van der Waals surface area (Å²) >= 11 is 0. The molecular formula is C20H24O4. The van der Waals surface area contributed by atoms with E-state index in [1.54, 1.807) is 6.07 Å². The maximum absolute atomic E-state index is 12.7. The molecule has 0 spiro atoms. The largest absolute Gasteiger partial charge is 0.472 e. The number of carbonyl (C=O) groups is 2. The molecule has 128 valence electrons. The van der Waals surface area contributed by atoms with Crippen molar-refractivity contribution >= 4 is 11.8 Å². The lowest BCUT2D eigenvalue weighted by atomic mass is 9.45. The first kappa shape index (κ1) is 15.7. The second kappa shape index (κ2) is 5.33. The van der Waals surface area contributed by atoms with Crippen LogP contribution in [0.25, 0.3) is 0 Å². The van der Waals surface area contributed by atoms with Crippen molar-refractivity contribution in [3.05, 3.63) is 36.3 Å². The zero-order valence-electron chi connectivity index (χ0n) is 14.2. The maximum Gasteiger partial charge on any atom is 0.312 e. The number of cyclic esters (lactones) is 1. The number of rotatable bonds is 3. The van der Waals surface area contributed by atoms with E-state index in [1.165, 1.54) is 12.5 Å². The zero-order chi connectivity index (χ0) is 16.9. The number of ketones is 1. The zero-order valence-corrected chi connectivity index (χ0v) is 14.2. The highest BCUT2D eigenvalue weighted by Crippen LogP contribution is 2.64. The fourth-order valence-corrected chi connectivity index (χ4v) is 5.66. The van der Waals surface area contributed by atoms with Gasteiger partial charge in [-0.3, -0.25) is 9.59 Å². The normalized spacial score (nSPS) is 38.4. The first-order valence-corrected chi connectivity index (χ1v) is 8.88. The third-order valence-electron chi connectivity index (χ3n) is 6.91. The van der Waals surface area contributed by atoms with Crippen LogP contribution in [0.5, 0.6) is 0 Å². The molecule has 0 amide bonds. The molecule has 2 bridgehead atoms. The first-order valence-electron chi connectivity index (χ1n) is 8.88. The van der Waals surface area contributed by atoms with Crippen LogP contribution in [0.1, 0.15) is 55.8 Å². The minimum absolute atomic E-state index is 0.0461. The van der Waals surface area contributed by atoms with Gasteiger partial charge in [-0.2, -0.15) is 0 Å². The van der Waals surface area contributed by atoms with Crippen LogP contribution in [0.15, 0.2) is 35.2 Å². The molecular weight excluding hydrogens is 304 g/mol. The summed E-state index contributed by atoms with van der Waals surface area (Å²) in [6.07, 6.45) is 8.29. The van der Waals surface area contributed by atoms with Crippen LogP contribution in [0.4, 0.5) is 0 Å². The molecule has 4 nitrogen and oxygen atoms in total. The van der Waals surface area contributed by atoms with Gasteiger partial charge >= 0.3 is 5.97 Å². The molecule has 1 aromatic heterocycles. The van der Waals surface area contributed by atoms with Gasteiger partial charge in [0.15, 0.2) is 5.78 Å². The Bertz CT molecular complexity index is 689. The molecule has 1 aliphatic heterocycles. The van der Waals surface area contributed by atoms with Gasteiger partial charge in [0.25, 0.3) is 0 Å². The average molecular weight is 328 g/mol. The van der Waals surface area contributed by atoms with Gasteiger partial charge < -0.3 is 9.15 Å². The molecule has 4 heteroatoms. The van der Waals surface area contributed by atoms with Gasteiger partial charge in [-0.05, 0) is 50.5 Å². The lowest BCUT2D eigenvalue weighted by molar-refractivity contribution is -0.206. The topological polar surface area (TPSA) is 56.5 Å². The molecule has 0 radical (unpaired) electrons. The highest BCUT2D eigenvalue weighted by Gasteiger charge is 2.63. The van der Waals surface area contributed by atoms with E-state index in [2.05, 4.69) is 13.5 Å². The van der Waals surface area contributed by atoms with E-state index >= 15 is 0 Å². The van der Waals surface area contributed by atoms with E-state index in [0.717, 1.165) is 37.7 Å². The van der Waals surface area contributed by atoms with E-state index in [0.29, 0.717) is 24.5 Å². The standard InChI is InChI=1S/C20H24O4/c1-13-4-5-17-19(2)7-3-8-20(17,12-24-18(19)22)15(13)10-16(21)14-6-9-23-11-14/h6,9,11,15,17H,1,3-5,7-8,10,12H2,2H3/t15-,17-,19+,20-/m0/s1. The minimum Gasteiger partial charge on any atom is -0.472 e. The number of hydrogen-bond donors (Lipinski definition) is 0. The minimum atomic E-state index is -0.395. The van der Waals surface area contributed by atoms with Crippen LogP contribution in [0, 0.1) is 22.7 Å². The molecule has 4 atom stereocenters. The maximum atomic E-state index is 12.7. The van der Waals surface area contributed by atoms with Crippen molar-refractivity contribution in [3.63, 3.8) is 0 Å². The summed E-state index contributed by atoms with van der Waals surface area (Å²) in [6, 6.07) is 1.72. The predicted molar refractivity (Wildman–Crippen MR) is 88.4 cm³/mol. The van der Waals surface area contributed by atoms with Crippen LogP contribution < -0.4 is 0 Å². The Labute approximate surface area is 142 Å². The molecule has 2 aliphatic carbocycles. The lowest BCUT2D eigenvalue weighted by Gasteiger charge is -2.61. The van der Waals surface area contributed by atoms with E-state index in [4.69, 9.17) is 9.15 Å². The van der Waals surface area contributed by atoms with Crippen LogP contribution >= 0.6 is 0 Å². The van der Waals surface area contributed by atoms with E-state index in [-0.39, 0.29) is 23.1 Å². The van der Waals surface area contributed by atoms with Crippen LogP contribution in [0.2, 0.25) is 0 Å². The summed E-state index contributed by atoms with van der Waals surface area (Å²) in [5.41, 5.74) is 1.25. The van der Waals surface area contributed by atoms with Crippen LogP contribution in [-0.4, -0.2) is 18.4 Å². The van der Waals surface area contributed by atoms with E-state index in [9.17, 15) is 9.59 Å². The molecule has 1 saturated heterocycles. The fourth-order valence-electron chi connectivity index (χ4n) is 5.66. The predicted octanol–water partition coefficient (Wildman–Crippen LogP) is 4.17. The molecule has 0 aromatic carbocycles. The number of carbonyl (C=O) groups excluding carboxylic acids is 2. The Hall–Kier alpha value is -1.84. The van der Waals surface area contributed by atoms with E-state index < -0.39 is 5.41 Å². The summed E-state index contributed by atoms with van der Waals surface area (Å²) < 4.78 is 10.7. The van der Waals surface area contributed by atoms with Gasteiger partial charge in [-0.15, -0.1) is 0 Å². The third-order valence-corrected chi connectivity index (χ3v) is 6.91. The Morgan fingerprint density at radius 2 is 2.25 bits per heavy atom. The smallest absolute Gasteiger partial charge is 0.312 e. The van der Waals surface area contributed by atoms with Gasteiger partial charge in [0.05, 0.1) is 23.8 Å². The van der Waals surface area contributed by atoms with Crippen molar-refractivity contribution in [2.24, 2.45) is 22.7 Å². The highest BCUT2D eigenvalue weighted by molar-refractivity contribution is 5.96. The van der Waals surface area contributed by atoms with Crippen molar-refractivity contribution in [2.45, 2.75) is 45.4 Å². The molecule has 2 saturated carbocycles. The Kier molecular flexibility index (Phi) is 3.48. The summed E-state index contributed by atoms with van der Waals surface area (Å²) in [5.74, 6) is 0.434. The van der Waals surface area contributed by atoms with Crippen molar-refractivity contribution < 1.29 is 18.7 Å². The van der Waals surface area contributed by atoms with Crippen molar-refractivity contribution in [2.75, 3.05) is 6.61 Å². The number of Topliss-reactive ketones (excluding diaryl/α,β-unsaturated/α-hetero) is 1. The number of allylic oxidation sites excluding steroid dienone is 1. The van der Waals surface area contributed by atoms with E-state index in [1.807, 2.05) is 0 Å². The summed E-state index contributed by atoms with van der Waals surface area (Å²) in [6.45, 7) is 6.79. The number of ether oxygens (including phenoxy) is 1. The van der Waals surface area contributed by atoms with Gasteiger partial charge in [-0.25, -0.2) is 0 Å². The quantitative estimate of drug-likeness (QED) is 0.475. The summed E-state index contributed by atoms with van der Waals surface area (Å²) in [4.78, 5) is 25.1. The van der Waals surface area contributed by atoms with Crippen molar-refractivity contribution in [1.82, 2.24) is 0 Å². The molecule has 3 aliphatic rings. The third kappa shape index (κ3) is 2.04. The second-order valence-corrected chi connectivity index (χ2v) is 8.02. The molecule has 24 heavy (non-hydrogen) atoms. The number of esters is 1. The molecule has 0 N–H and O–H groups in total. The highest BCUT2D eigenvalue weighted by atomic mass is 16.5. The average Bonchev–Trinajstić information content (AvgIpc) is 3.09. The molecule has 4 rings (SSSR count). The van der Waals surface area contributed by atoms with Gasteiger partial charge in [0, 0.05) is 11.8 Å². The van der Waals surface area contributed by atoms with Crippen LogP contribution in [-0.2, 0) is 9.53 Å². The Balaban J connectivity index is 1.69. The molecule has 1 aromatic rings. The molecule has 3 fully saturated rings. The second-order valence-electron chi connectivity index (χ2n) is 8.02. The molecule has 2 heterocycles. The summed E-state index contributed by atoms with van der Waals surface area (Å²) in [7, 11) is 0. The van der Waals surface area contributed by atoms with Crippen molar-refractivity contribution in [1.29, 1.82) is 0 Å². The van der Waals surface area contributed by atoms with Crippen LogP contribution in [0.3, 0.4) is 0 Å². The Morgan fingerprint density at radius 3 is 3.00 bits per heavy atom. The summed E-state index contributed by atoms with van der Waals surface area (Å²) in [5, 5.41) is 0. The SMILES string of the molecule is C=C1CC[C@@H]2[C@]3(CCC[C@@]2(C)C(=O)OC3)[C@H]1CC(=O)c1ccoc1. The number of hydrogen-bond acceptors (Lipinski definition) is 4. The van der Waals surface area contributed by atoms with Gasteiger partial charge in [-0.1, -0.05) is 18.6 Å². The monoisotopic (exact) mass is 328 g/mol. The van der Waals surface area contributed by atoms with Gasteiger partial charge in [0.2, 0.25) is 0 Å². The van der Waals surface area contributed by atoms with Crippen molar-refractivity contribution in [3.8, 4) is 0 Å². The van der Waals surface area contributed by atoms with Gasteiger partial charge in [0.1, 0.15) is 6.26 Å².